The zero-order chi connectivity index (χ0) is 13.3. The van der Waals surface area contributed by atoms with E-state index in [1.165, 1.54) is 16.9 Å². The van der Waals surface area contributed by atoms with Crippen LogP contribution >= 0.6 is 46.1 Å². The summed E-state index contributed by atoms with van der Waals surface area (Å²) in [5, 5.41) is -0.212. The summed E-state index contributed by atoms with van der Waals surface area (Å²) in [7, 11) is 0. The van der Waals surface area contributed by atoms with E-state index in [0.29, 0.717) is 8.67 Å². The van der Waals surface area contributed by atoms with Crippen LogP contribution in [0.3, 0.4) is 0 Å². The van der Waals surface area contributed by atoms with Crippen molar-refractivity contribution in [1.29, 1.82) is 0 Å². The average molecular weight is 320 g/mol. The molecule has 0 nitrogen and oxygen atoms in total. The number of halogens is 3. The monoisotopic (exact) mass is 318 g/mol. The van der Waals surface area contributed by atoms with Gasteiger partial charge < -0.3 is 0 Å². The molecule has 0 amide bonds. The van der Waals surface area contributed by atoms with Crippen LogP contribution in [0.15, 0.2) is 36.4 Å². The van der Waals surface area contributed by atoms with E-state index < -0.39 is 0 Å². The fourth-order valence-corrected chi connectivity index (χ4v) is 3.88. The molecule has 0 bridgehead atoms. The summed E-state index contributed by atoms with van der Waals surface area (Å²) in [6, 6.07) is 12.1. The Kier molecular flexibility index (Phi) is 4.28. The Bertz CT molecular complexity index is 531. The summed E-state index contributed by atoms with van der Waals surface area (Å²) in [4.78, 5) is 0. The lowest BCUT2D eigenvalue weighted by Gasteiger charge is -2.30. The summed E-state index contributed by atoms with van der Waals surface area (Å²) in [6.45, 7) is 4.23. The van der Waals surface area contributed by atoms with Gasteiger partial charge in [-0.3, -0.25) is 0 Å². The minimum absolute atomic E-state index is 0.211. The van der Waals surface area contributed by atoms with E-state index >= 15 is 0 Å². The number of hydrogen-bond acceptors (Lipinski definition) is 1. The fraction of sp³-hybridized carbons (Fsp3) is 0.286. The normalized spacial score (nSPS) is 13.6. The van der Waals surface area contributed by atoms with E-state index in [-0.39, 0.29) is 10.8 Å². The highest BCUT2D eigenvalue weighted by Gasteiger charge is 2.33. The molecule has 1 atom stereocenters. The summed E-state index contributed by atoms with van der Waals surface area (Å²) in [5.74, 6) is 0. The second-order valence-electron chi connectivity index (χ2n) is 4.73. The van der Waals surface area contributed by atoms with Crippen molar-refractivity contribution in [2.75, 3.05) is 0 Å². The second kappa shape index (κ2) is 5.42. The Morgan fingerprint density at radius 3 is 2.22 bits per heavy atom. The molecule has 18 heavy (non-hydrogen) atoms. The first-order chi connectivity index (χ1) is 8.43. The summed E-state index contributed by atoms with van der Waals surface area (Å²) >= 11 is 20.1. The Morgan fingerprint density at radius 2 is 1.72 bits per heavy atom. The van der Waals surface area contributed by atoms with Crippen molar-refractivity contribution in [1.82, 2.24) is 0 Å². The van der Waals surface area contributed by atoms with Crippen LogP contribution in [0.1, 0.15) is 30.4 Å². The number of benzene rings is 1. The molecule has 0 fully saturated rings. The van der Waals surface area contributed by atoms with Gasteiger partial charge in [0.1, 0.15) is 0 Å². The van der Waals surface area contributed by atoms with Gasteiger partial charge >= 0.3 is 0 Å². The zero-order valence-corrected chi connectivity index (χ0v) is 13.2. The molecule has 1 unspecified atom stereocenters. The Labute approximate surface area is 126 Å². The van der Waals surface area contributed by atoms with Crippen molar-refractivity contribution in [3.63, 3.8) is 0 Å². The van der Waals surface area contributed by atoms with Gasteiger partial charge in [0, 0.05) is 11.0 Å². The predicted octanol–water partition coefficient (Wildman–Crippen LogP) is 6.31. The zero-order valence-electron chi connectivity index (χ0n) is 10.1. The molecule has 0 saturated carbocycles. The van der Waals surface area contributed by atoms with Crippen LogP contribution < -0.4 is 0 Å². The molecule has 2 aromatic rings. The molecule has 1 aromatic carbocycles. The molecule has 4 heteroatoms. The van der Waals surface area contributed by atoms with Gasteiger partial charge in [0.2, 0.25) is 0 Å². The van der Waals surface area contributed by atoms with Crippen LogP contribution in [-0.2, 0) is 5.41 Å². The van der Waals surface area contributed by atoms with Crippen LogP contribution in [0.2, 0.25) is 8.67 Å². The SMILES string of the molecule is CC(C)(c1ccccc1)C(Cl)c1cc(Cl)sc1Cl. The highest BCUT2D eigenvalue weighted by Crippen LogP contribution is 2.47. The van der Waals surface area contributed by atoms with Crippen molar-refractivity contribution in [2.45, 2.75) is 24.6 Å². The third kappa shape index (κ3) is 2.70. The average Bonchev–Trinajstić information content (AvgIpc) is 2.68. The van der Waals surface area contributed by atoms with Gasteiger partial charge in [0.15, 0.2) is 0 Å². The van der Waals surface area contributed by atoms with Gasteiger partial charge in [-0.25, -0.2) is 0 Å². The molecular weight excluding hydrogens is 307 g/mol. The predicted molar refractivity (Wildman–Crippen MR) is 82.4 cm³/mol. The Balaban J connectivity index is 2.39. The molecule has 96 valence electrons. The number of rotatable bonds is 3. The van der Waals surface area contributed by atoms with Crippen molar-refractivity contribution in [3.05, 3.63) is 56.2 Å². The van der Waals surface area contributed by atoms with Crippen molar-refractivity contribution in [3.8, 4) is 0 Å². The molecule has 0 N–H and O–H groups in total. The van der Waals surface area contributed by atoms with Gasteiger partial charge in [0.05, 0.1) is 14.0 Å². The molecule has 0 spiro atoms. The van der Waals surface area contributed by atoms with E-state index in [1.54, 1.807) is 0 Å². The van der Waals surface area contributed by atoms with Crippen LogP contribution in [-0.4, -0.2) is 0 Å². The minimum Gasteiger partial charge on any atom is -0.117 e. The molecule has 1 aromatic heterocycles. The largest absolute Gasteiger partial charge is 0.117 e. The lowest BCUT2D eigenvalue weighted by molar-refractivity contribution is 0.505. The quantitative estimate of drug-likeness (QED) is 0.581. The van der Waals surface area contributed by atoms with E-state index in [4.69, 9.17) is 34.8 Å². The standard InChI is InChI=1S/C14H13Cl3S/c1-14(2,9-6-4-3-5-7-9)12(16)10-8-11(15)18-13(10)17/h3-8,12H,1-2H3. The highest BCUT2D eigenvalue weighted by molar-refractivity contribution is 7.20. The molecule has 2 rings (SSSR count). The highest BCUT2D eigenvalue weighted by atomic mass is 35.5. The van der Waals surface area contributed by atoms with E-state index in [9.17, 15) is 0 Å². The van der Waals surface area contributed by atoms with Crippen molar-refractivity contribution >= 4 is 46.1 Å². The van der Waals surface area contributed by atoms with Gasteiger partial charge in [-0.15, -0.1) is 22.9 Å². The fourth-order valence-electron chi connectivity index (χ4n) is 1.93. The molecule has 0 saturated heterocycles. The molecule has 0 radical (unpaired) electrons. The third-order valence-electron chi connectivity index (χ3n) is 3.11. The first kappa shape index (κ1) is 14.2. The van der Waals surface area contributed by atoms with Gasteiger partial charge in [-0.1, -0.05) is 67.4 Å². The van der Waals surface area contributed by atoms with Crippen LogP contribution in [0.25, 0.3) is 0 Å². The molecule has 0 aliphatic heterocycles. The first-order valence-electron chi connectivity index (χ1n) is 5.57. The number of alkyl halides is 1. The van der Waals surface area contributed by atoms with Crippen LogP contribution in [0.5, 0.6) is 0 Å². The molecule has 0 aliphatic carbocycles. The van der Waals surface area contributed by atoms with Crippen molar-refractivity contribution in [2.24, 2.45) is 0 Å². The van der Waals surface area contributed by atoms with Gasteiger partial charge in [0.25, 0.3) is 0 Å². The summed E-state index contributed by atoms with van der Waals surface area (Å²) in [6.07, 6.45) is 0. The lowest BCUT2D eigenvalue weighted by atomic mass is 9.79. The van der Waals surface area contributed by atoms with Gasteiger partial charge in [-0.2, -0.15) is 0 Å². The molecule has 0 aliphatic rings. The molecular formula is C14H13Cl3S. The van der Waals surface area contributed by atoms with Gasteiger partial charge in [-0.05, 0) is 11.6 Å². The van der Waals surface area contributed by atoms with Crippen molar-refractivity contribution < 1.29 is 0 Å². The second-order valence-corrected chi connectivity index (χ2v) is 7.45. The smallest absolute Gasteiger partial charge is 0.0991 e. The number of hydrogen-bond donors (Lipinski definition) is 0. The maximum Gasteiger partial charge on any atom is 0.0991 e. The summed E-state index contributed by atoms with van der Waals surface area (Å²) < 4.78 is 1.34. The topological polar surface area (TPSA) is 0 Å². The minimum atomic E-state index is -0.212. The Morgan fingerprint density at radius 1 is 1.11 bits per heavy atom. The maximum absolute atomic E-state index is 6.61. The van der Waals surface area contributed by atoms with E-state index in [0.717, 1.165) is 5.56 Å². The Hall–Kier alpha value is -0.210. The third-order valence-corrected chi connectivity index (χ3v) is 5.41. The molecule has 1 heterocycles. The van der Waals surface area contributed by atoms with Crippen LogP contribution in [0, 0.1) is 0 Å². The summed E-state index contributed by atoms with van der Waals surface area (Å²) in [5.41, 5.74) is 1.88. The first-order valence-corrected chi connectivity index (χ1v) is 7.58. The maximum atomic E-state index is 6.61. The van der Waals surface area contributed by atoms with E-state index in [1.807, 2.05) is 24.3 Å². The van der Waals surface area contributed by atoms with Crippen LogP contribution in [0.4, 0.5) is 0 Å². The number of thiophene rings is 1. The lowest BCUT2D eigenvalue weighted by Crippen LogP contribution is -2.23. The van der Waals surface area contributed by atoms with E-state index in [2.05, 4.69) is 26.0 Å².